The monoisotopic (exact) mass is 781 g/mol. The minimum Gasteiger partial charge on any atom is -0.208 e. The maximum absolute atomic E-state index is 5.25. The third kappa shape index (κ3) is 5.31. The summed E-state index contributed by atoms with van der Waals surface area (Å²) in [6.07, 6.45) is 0. The van der Waals surface area contributed by atoms with Gasteiger partial charge in [0.2, 0.25) is 0 Å². The molecule has 4 heteroatoms. The zero-order chi connectivity index (χ0) is 39.6. The lowest BCUT2D eigenvalue weighted by Gasteiger charge is -2.34. The van der Waals surface area contributed by atoms with Crippen LogP contribution >= 0.6 is 11.3 Å². The quantitative estimate of drug-likeness (QED) is 0.169. The number of thiophene rings is 1. The van der Waals surface area contributed by atoms with Crippen molar-refractivity contribution >= 4 is 42.3 Å². The zero-order valence-corrected chi connectivity index (χ0v) is 33.3. The molecule has 0 bridgehead atoms. The maximum Gasteiger partial charge on any atom is 0.164 e. The summed E-state index contributed by atoms with van der Waals surface area (Å²) in [6.45, 7) is 0. The van der Waals surface area contributed by atoms with Gasteiger partial charge in [0, 0.05) is 42.2 Å². The van der Waals surface area contributed by atoms with E-state index in [1.54, 1.807) is 0 Å². The SMILES string of the molecule is c1ccc(-c2nc(-c3ccc(-c4cccc5c4ccc4c6ccccc6sc54)cc3)nc(-c3ccc4c(c3)C(c3ccccc3)(c3ccccc3)c3ccccc3-4)n2)cc1. The van der Waals surface area contributed by atoms with Crippen molar-refractivity contribution in [2.24, 2.45) is 0 Å². The van der Waals surface area contributed by atoms with E-state index in [2.05, 4.69) is 194 Å². The van der Waals surface area contributed by atoms with Crippen LogP contribution in [0.4, 0.5) is 0 Å². The lowest BCUT2D eigenvalue weighted by molar-refractivity contribution is 0.768. The highest BCUT2D eigenvalue weighted by Gasteiger charge is 2.46. The predicted molar refractivity (Wildman–Crippen MR) is 249 cm³/mol. The normalized spacial score (nSPS) is 12.8. The van der Waals surface area contributed by atoms with Gasteiger partial charge in [-0.25, -0.2) is 15.0 Å². The van der Waals surface area contributed by atoms with E-state index >= 15 is 0 Å². The number of rotatable bonds is 6. The fraction of sp³-hybridized carbons (Fsp3) is 0.0179. The van der Waals surface area contributed by atoms with Crippen LogP contribution in [0.15, 0.2) is 212 Å². The summed E-state index contributed by atoms with van der Waals surface area (Å²) < 4.78 is 2.65. The number of aromatic nitrogens is 3. The molecule has 1 aliphatic carbocycles. The Morgan fingerprint density at radius 3 is 1.55 bits per heavy atom. The maximum atomic E-state index is 5.25. The van der Waals surface area contributed by atoms with E-state index in [0.29, 0.717) is 17.5 Å². The van der Waals surface area contributed by atoms with Gasteiger partial charge in [0.05, 0.1) is 5.41 Å². The van der Waals surface area contributed by atoms with Gasteiger partial charge in [-0.2, -0.15) is 0 Å². The Morgan fingerprint density at radius 2 is 0.817 bits per heavy atom. The second kappa shape index (κ2) is 13.8. The van der Waals surface area contributed by atoms with Gasteiger partial charge in [0.15, 0.2) is 17.5 Å². The fourth-order valence-electron chi connectivity index (χ4n) is 9.52. The molecule has 11 aromatic rings. The van der Waals surface area contributed by atoms with Crippen molar-refractivity contribution in [2.75, 3.05) is 0 Å². The lowest BCUT2D eigenvalue weighted by Crippen LogP contribution is -2.28. The van der Waals surface area contributed by atoms with Gasteiger partial charge < -0.3 is 0 Å². The third-order valence-electron chi connectivity index (χ3n) is 12.2. The van der Waals surface area contributed by atoms with Crippen molar-refractivity contribution in [2.45, 2.75) is 5.41 Å². The first-order valence-corrected chi connectivity index (χ1v) is 21.2. The molecule has 0 unspecified atom stereocenters. The molecule has 1 aliphatic rings. The van der Waals surface area contributed by atoms with Gasteiger partial charge in [-0.15, -0.1) is 11.3 Å². The Balaban J connectivity index is 1.00. The molecule has 0 saturated carbocycles. The molecule has 280 valence electrons. The van der Waals surface area contributed by atoms with Crippen molar-refractivity contribution in [3.63, 3.8) is 0 Å². The predicted octanol–water partition coefficient (Wildman–Crippen LogP) is 14.4. The number of hydrogen-bond donors (Lipinski definition) is 0. The summed E-state index contributed by atoms with van der Waals surface area (Å²) in [5.41, 5.74) is 12.1. The van der Waals surface area contributed by atoms with Crippen LogP contribution in [0.3, 0.4) is 0 Å². The van der Waals surface area contributed by atoms with E-state index in [1.807, 2.05) is 29.5 Å². The smallest absolute Gasteiger partial charge is 0.164 e. The van der Waals surface area contributed by atoms with E-state index in [0.717, 1.165) is 22.3 Å². The lowest BCUT2D eigenvalue weighted by atomic mass is 9.67. The first-order valence-electron chi connectivity index (χ1n) is 20.4. The molecule has 2 heterocycles. The van der Waals surface area contributed by atoms with Gasteiger partial charge in [-0.3, -0.25) is 0 Å². The molecule has 60 heavy (non-hydrogen) atoms. The molecule has 0 fully saturated rings. The van der Waals surface area contributed by atoms with Gasteiger partial charge >= 0.3 is 0 Å². The molecule has 0 N–H and O–H groups in total. The van der Waals surface area contributed by atoms with Crippen molar-refractivity contribution in [1.82, 2.24) is 15.0 Å². The Labute approximate surface area is 352 Å². The summed E-state index contributed by atoms with van der Waals surface area (Å²) >= 11 is 1.87. The highest BCUT2D eigenvalue weighted by molar-refractivity contribution is 7.26. The molecular formula is C56H35N3S. The van der Waals surface area contributed by atoms with Crippen molar-refractivity contribution in [3.05, 3.63) is 235 Å². The third-order valence-corrected chi connectivity index (χ3v) is 13.5. The number of fused-ring (bicyclic) bond motifs is 8. The van der Waals surface area contributed by atoms with Crippen LogP contribution in [-0.2, 0) is 5.41 Å². The molecule has 0 saturated heterocycles. The summed E-state index contributed by atoms with van der Waals surface area (Å²) in [6, 6.07) is 76.2. The second-order valence-electron chi connectivity index (χ2n) is 15.5. The van der Waals surface area contributed by atoms with Crippen LogP contribution in [0.1, 0.15) is 22.3 Å². The molecule has 12 rings (SSSR count). The molecule has 2 aromatic heterocycles. The topological polar surface area (TPSA) is 38.7 Å². The Hall–Kier alpha value is -7.53. The van der Waals surface area contributed by atoms with Crippen LogP contribution in [0.5, 0.6) is 0 Å². The van der Waals surface area contributed by atoms with Crippen molar-refractivity contribution in [1.29, 1.82) is 0 Å². The van der Waals surface area contributed by atoms with Gasteiger partial charge in [-0.05, 0) is 62.0 Å². The van der Waals surface area contributed by atoms with Crippen LogP contribution in [0, 0.1) is 0 Å². The van der Waals surface area contributed by atoms with Crippen molar-refractivity contribution in [3.8, 4) is 56.4 Å². The number of nitrogens with zero attached hydrogens (tertiary/aromatic N) is 3. The summed E-state index contributed by atoms with van der Waals surface area (Å²) in [4.78, 5) is 15.6. The van der Waals surface area contributed by atoms with Crippen LogP contribution in [0.25, 0.3) is 87.4 Å². The Bertz CT molecular complexity index is 3370. The van der Waals surface area contributed by atoms with E-state index in [4.69, 9.17) is 15.0 Å². The Morgan fingerprint density at radius 1 is 0.317 bits per heavy atom. The fourth-order valence-corrected chi connectivity index (χ4v) is 10.8. The highest BCUT2D eigenvalue weighted by atomic mass is 32.1. The van der Waals surface area contributed by atoms with E-state index in [9.17, 15) is 0 Å². The van der Waals surface area contributed by atoms with Crippen LogP contribution < -0.4 is 0 Å². The average Bonchev–Trinajstić information content (AvgIpc) is 3.86. The molecule has 9 aromatic carbocycles. The summed E-state index contributed by atoms with van der Waals surface area (Å²) in [5.74, 6) is 1.91. The molecule has 3 nitrogen and oxygen atoms in total. The van der Waals surface area contributed by atoms with E-state index in [1.165, 1.54) is 69.9 Å². The minimum atomic E-state index is -0.525. The minimum absolute atomic E-state index is 0.525. The van der Waals surface area contributed by atoms with Gasteiger partial charge in [-0.1, -0.05) is 200 Å². The van der Waals surface area contributed by atoms with Gasteiger partial charge in [0.25, 0.3) is 0 Å². The number of benzene rings is 9. The second-order valence-corrected chi connectivity index (χ2v) is 16.5. The molecule has 0 radical (unpaired) electrons. The number of hydrogen-bond acceptors (Lipinski definition) is 4. The molecule has 0 atom stereocenters. The highest BCUT2D eigenvalue weighted by Crippen LogP contribution is 2.56. The molecule has 0 aliphatic heterocycles. The molecule has 0 amide bonds. The van der Waals surface area contributed by atoms with Crippen LogP contribution in [-0.4, -0.2) is 15.0 Å². The van der Waals surface area contributed by atoms with Crippen molar-refractivity contribution < 1.29 is 0 Å². The summed E-state index contributed by atoms with van der Waals surface area (Å²) in [7, 11) is 0. The average molecular weight is 782 g/mol. The largest absolute Gasteiger partial charge is 0.208 e. The summed E-state index contributed by atoms with van der Waals surface area (Å²) in [5, 5.41) is 5.16. The zero-order valence-electron chi connectivity index (χ0n) is 32.5. The molecular weight excluding hydrogens is 747 g/mol. The van der Waals surface area contributed by atoms with Crippen LogP contribution in [0.2, 0.25) is 0 Å². The first-order chi connectivity index (χ1) is 29.7. The first kappa shape index (κ1) is 34.5. The van der Waals surface area contributed by atoms with E-state index < -0.39 is 5.41 Å². The van der Waals surface area contributed by atoms with Gasteiger partial charge in [0.1, 0.15) is 0 Å². The Kier molecular flexibility index (Phi) is 7.94. The molecule has 0 spiro atoms. The van der Waals surface area contributed by atoms with E-state index in [-0.39, 0.29) is 0 Å². The standard InChI is InChI=1S/C56H35N3S/c1-4-15-37(16-5-1)53-57-54(38-29-27-36(28-30-38)42-23-14-24-47-43(42)33-34-48-46-22-11-13-26-51(46)60-52(47)48)59-55(58-53)39-31-32-45-44-21-10-12-25-49(44)56(50(45)35-39,40-17-6-2-7-18-40)41-19-8-3-9-20-41/h1-35H.